The molecule has 4 heterocycles. The van der Waals surface area contributed by atoms with E-state index < -0.39 is 0 Å². The van der Waals surface area contributed by atoms with Crippen LogP contribution in [0.2, 0.25) is 0 Å². The summed E-state index contributed by atoms with van der Waals surface area (Å²) in [4.78, 5) is 43.5. The number of aryl methyl sites for hydroxylation is 2. The second kappa shape index (κ2) is 9.38. The summed E-state index contributed by atoms with van der Waals surface area (Å²) >= 11 is 0. The number of aromatic nitrogens is 1. The number of nitrogens with zero attached hydrogens (tertiary/aromatic N) is 4. The molecular formula is C22H32N4O5. The molecule has 9 nitrogen and oxygen atoms in total. The van der Waals surface area contributed by atoms with Gasteiger partial charge in [-0.15, -0.1) is 0 Å². The van der Waals surface area contributed by atoms with Crippen molar-refractivity contribution >= 4 is 17.7 Å². The molecule has 4 rings (SSSR count). The number of likely N-dealkylation sites (tertiary alicyclic amines) is 2. The molecule has 3 aliphatic rings. The van der Waals surface area contributed by atoms with Crippen molar-refractivity contribution in [2.45, 2.75) is 39.5 Å². The van der Waals surface area contributed by atoms with Crippen LogP contribution in [0.25, 0.3) is 0 Å². The highest BCUT2D eigenvalue weighted by Crippen LogP contribution is 2.26. The SMILES string of the molecule is Cc1noc(C)c1CC(=O)N1CCC(CN2CC(C(=O)N3CCOCC3)CC2=O)CC1. The Morgan fingerprint density at radius 2 is 1.77 bits per heavy atom. The first-order chi connectivity index (χ1) is 14.9. The van der Waals surface area contributed by atoms with Gasteiger partial charge >= 0.3 is 0 Å². The third-order valence-electron chi connectivity index (χ3n) is 6.84. The Hall–Kier alpha value is -2.42. The van der Waals surface area contributed by atoms with Crippen molar-refractivity contribution in [1.29, 1.82) is 0 Å². The molecule has 170 valence electrons. The second-order valence-electron chi connectivity index (χ2n) is 8.94. The lowest BCUT2D eigenvalue weighted by Gasteiger charge is -2.34. The van der Waals surface area contributed by atoms with Gasteiger partial charge in [0.05, 0.1) is 31.2 Å². The number of carbonyl (C=O) groups is 3. The number of ether oxygens (including phenoxy) is 1. The molecule has 3 amide bonds. The normalized spacial score (nSPS) is 23.0. The molecule has 3 aliphatic heterocycles. The van der Waals surface area contributed by atoms with Gasteiger partial charge in [0.15, 0.2) is 0 Å². The zero-order valence-corrected chi connectivity index (χ0v) is 18.5. The van der Waals surface area contributed by atoms with Crippen LogP contribution in [0.4, 0.5) is 0 Å². The lowest BCUT2D eigenvalue weighted by atomic mass is 9.95. The van der Waals surface area contributed by atoms with Gasteiger partial charge < -0.3 is 24.0 Å². The zero-order chi connectivity index (χ0) is 22.0. The lowest BCUT2D eigenvalue weighted by Crippen LogP contribution is -2.45. The topological polar surface area (TPSA) is 96.2 Å². The van der Waals surface area contributed by atoms with Crippen LogP contribution in [0.5, 0.6) is 0 Å². The Bertz CT molecular complexity index is 804. The molecule has 0 aliphatic carbocycles. The van der Waals surface area contributed by atoms with Crippen molar-refractivity contribution in [3.05, 3.63) is 17.0 Å². The predicted octanol–water partition coefficient (Wildman–Crippen LogP) is 0.780. The lowest BCUT2D eigenvalue weighted by molar-refractivity contribution is -0.139. The van der Waals surface area contributed by atoms with Crippen LogP contribution < -0.4 is 0 Å². The van der Waals surface area contributed by atoms with Gasteiger partial charge in [-0.05, 0) is 32.6 Å². The average Bonchev–Trinajstić information content (AvgIpc) is 3.30. The van der Waals surface area contributed by atoms with Crippen molar-refractivity contribution in [2.75, 3.05) is 52.5 Å². The Morgan fingerprint density at radius 3 is 2.42 bits per heavy atom. The van der Waals surface area contributed by atoms with E-state index >= 15 is 0 Å². The molecular weight excluding hydrogens is 400 g/mol. The Morgan fingerprint density at radius 1 is 1.06 bits per heavy atom. The van der Waals surface area contributed by atoms with Crippen molar-refractivity contribution in [3.8, 4) is 0 Å². The standard InChI is InChI=1S/C22H32N4O5/c1-15-19(16(2)31-23-15)12-21(28)24-5-3-17(4-6-24)13-26-14-18(11-20(26)27)22(29)25-7-9-30-10-8-25/h17-18H,3-14H2,1-2H3. The first-order valence-electron chi connectivity index (χ1n) is 11.3. The molecule has 9 heteroatoms. The molecule has 0 saturated carbocycles. The molecule has 3 fully saturated rings. The third-order valence-corrected chi connectivity index (χ3v) is 6.84. The summed E-state index contributed by atoms with van der Waals surface area (Å²) in [5.41, 5.74) is 1.65. The summed E-state index contributed by atoms with van der Waals surface area (Å²) in [6.07, 6.45) is 2.38. The van der Waals surface area contributed by atoms with E-state index in [1.54, 1.807) is 0 Å². The summed E-state index contributed by atoms with van der Waals surface area (Å²) in [7, 11) is 0. The van der Waals surface area contributed by atoms with Crippen LogP contribution in [0.1, 0.15) is 36.3 Å². The van der Waals surface area contributed by atoms with Gasteiger partial charge in [0, 0.05) is 51.3 Å². The van der Waals surface area contributed by atoms with Crippen LogP contribution in [-0.2, 0) is 25.5 Å². The minimum Gasteiger partial charge on any atom is -0.378 e. The highest BCUT2D eigenvalue weighted by Gasteiger charge is 2.38. The van der Waals surface area contributed by atoms with Crippen LogP contribution in [0, 0.1) is 25.7 Å². The fraction of sp³-hybridized carbons (Fsp3) is 0.727. The number of piperidine rings is 1. The molecule has 0 aromatic carbocycles. The van der Waals surface area contributed by atoms with Crippen LogP contribution >= 0.6 is 0 Å². The van der Waals surface area contributed by atoms with E-state index in [0.29, 0.717) is 77.0 Å². The van der Waals surface area contributed by atoms with Crippen LogP contribution in [-0.4, -0.2) is 90.1 Å². The number of morpholine rings is 1. The first kappa shape index (κ1) is 21.8. The zero-order valence-electron chi connectivity index (χ0n) is 18.5. The Balaban J connectivity index is 1.24. The summed E-state index contributed by atoms with van der Waals surface area (Å²) < 4.78 is 10.5. The minimum absolute atomic E-state index is 0.0727. The minimum atomic E-state index is -0.234. The maximum atomic E-state index is 12.7. The highest BCUT2D eigenvalue weighted by atomic mass is 16.5. The summed E-state index contributed by atoms with van der Waals surface area (Å²) in [5.74, 6) is 1.09. The molecule has 3 saturated heterocycles. The Kier molecular flexibility index (Phi) is 6.60. The highest BCUT2D eigenvalue weighted by molar-refractivity contribution is 5.89. The number of carbonyl (C=O) groups excluding carboxylic acids is 3. The monoisotopic (exact) mass is 432 g/mol. The number of hydrogen-bond donors (Lipinski definition) is 0. The van der Waals surface area contributed by atoms with Crippen LogP contribution in [0.15, 0.2) is 4.52 Å². The van der Waals surface area contributed by atoms with Crippen molar-refractivity contribution in [2.24, 2.45) is 11.8 Å². The van der Waals surface area contributed by atoms with E-state index in [9.17, 15) is 14.4 Å². The fourth-order valence-corrected chi connectivity index (χ4v) is 4.85. The molecule has 0 N–H and O–H groups in total. The van der Waals surface area contributed by atoms with Crippen LogP contribution in [0.3, 0.4) is 0 Å². The maximum Gasteiger partial charge on any atom is 0.228 e. The predicted molar refractivity (Wildman–Crippen MR) is 111 cm³/mol. The molecule has 31 heavy (non-hydrogen) atoms. The van der Waals surface area contributed by atoms with Crippen molar-refractivity contribution < 1.29 is 23.6 Å². The molecule has 1 aromatic heterocycles. The van der Waals surface area contributed by atoms with Gasteiger partial charge in [-0.1, -0.05) is 5.16 Å². The summed E-state index contributed by atoms with van der Waals surface area (Å²) in [5, 5.41) is 3.92. The van der Waals surface area contributed by atoms with Gasteiger partial charge in [-0.2, -0.15) is 0 Å². The number of amides is 3. The maximum absolute atomic E-state index is 12.7. The molecule has 1 aromatic rings. The second-order valence-corrected chi connectivity index (χ2v) is 8.94. The number of rotatable bonds is 5. The van der Waals surface area contributed by atoms with Gasteiger partial charge in [0.25, 0.3) is 0 Å². The van der Waals surface area contributed by atoms with E-state index in [1.807, 2.05) is 28.5 Å². The third kappa shape index (κ3) is 4.92. The molecule has 1 atom stereocenters. The summed E-state index contributed by atoms with van der Waals surface area (Å²) in [6.45, 7) is 8.66. The van der Waals surface area contributed by atoms with E-state index in [-0.39, 0.29) is 23.6 Å². The summed E-state index contributed by atoms with van der Waals surface area (Å²) in [6, 6.07) is 0. The van der Waals surface area contributed by atoms with Gasteiger partial charge in [-0.25, -0.2) is 0 Å². The van der Waals surface area contributed by atoms with E-state index in [0.717, 1.165) is 24.1 Å². The molecule has 1 unspecified atom stereocenters. The molecule has 0 radical (unpaired) electrons. The van der Waals surface area contributed by atoms with E-state index in [1.165, 1.54) is 0 Å². The smallest absolute Gasteiger partial charge is 0.228 e. The quantitative estimate of drug-likeness (QED) is 0.682. The van der Waals surface area contributed by atoms with Gasteiger partial charge in [0.2, 0.25) is 17.7 Å². The number of hydrogen-bond acceptors (Lipinski definition) is 6. The fourth-order valence-electron chi connectivity index (χ4n) is 4.85. The largest absolute Gasteiger partial charge is 0.378 e. The van der Waals surface area contributed by atoms with Crippen molar-refractivity contribution in [1.82, 2.24) is 19.9 Å². The molecule has 0 spiro atoms. The average molecular weight is 433 g/mol. The van der Waals surface area contributed by atoms with Gasteiger partial charge in [0.1, 0.15) is 5.76 Å². The van der Waals surface area contributed by atoms with E-state index in [4.69, 9.17) is 9.26 Å². The Labute approximate surface area is 182 Å². The first-order valence-corrected chi connectivity index (χ1v) is 11.3. The molecule has 0 bridgehead atoms. The van der Waals surface area contributed by atoms with Crippen molar-refractivity contribution in [3.63, 3.8) is 0 Å². The van der Waals surface area contributed by atoms with Gasteiger partial charge in [-0.3, -0.25) is 14.4 Å². The van der Waals surface area contributed by atoms with E-state index in [2.05, 4.69) is 5.16 Å².